The van der Waals surface area contributed by atoms with Crippen molar-refractivity contribution < 1.29 is 14.2 Å². The minimum absolute atomic E-state index is 0.625. The second-order valence-corrected chi connectivity index (χ2v) is 16.9. The first-order chi connectivity index (χ1) is 24.4. The van der Waals surface area contributed by atoms with E-state index in [4.69, 9.17) is 14.2 Å². The predicted molar refractivity (Wildman–Crippen MR) is 231 cm³/mol. The van der Waals surface area contributed by atoms with Gasteiger partial charge in [0.1, 0.15) is 0 Å². The highest BCUT2D eigenvalue weighted by atomic mass is 16.5. The van der Waals surface area contributed by atoms with Crippen molar-refractivity contribution in [3.63, 3.8) is 0 Å². The number of hydrogen-bond donors (Lipinski definition) is 0. The normalized spacial score (nSPS) is 17.7. The van der Waals surface area contributed by atoms with Gasteiger partial charge in [-0.25, -0.2) is 0 Å². The van der Waals surface area contributed by atoms with E-state index >= 15 is 0 Å². The van der Waals surface area contributed by atoms with Crippen molar-refractivity contribution in [2.45, 2.75) is 152 Å². The number of ether oxygens (including phenoxy) is 3. The fraction of sp³-hybridized carbons (Fsp3) is 1.00. The highest BCUT2D eigenvalue weighted by Crippen LogP contribution is 2.11. The third kappa shape index (κ3) is 37.9. The number of unbranched alkanes of at least 4 members (excludes halogenated alkanes) is 1. The summed E-state index contributed by atoms with van der Waals surface area (Å²) in [6, 6.07) is 3.50. The predicted octanol–water partition coefficient (Wildman–Crippen LogP) is 7.64. The van der Waals surface area contributed by atoms with Gasteiger partial charge in [0, 0.05) is 96.8 Å². The lowest BCUT2D eigenvalue weighted by molar-refractivity contribution is 0.0238. The summed E-state index contributed by atoms with van der Waals surface area (Å²) in [5.74, 6) is 0.849. The molecule has 3 saturated heterocycles. The van der Waals surface area contributed by atoms with Crippen LogP contribution in [-0.2, 0) is 14.2 Å². The Balaban J connectivity index is -0.000000557. The second kappa shape index (κ2) is 37.6. The summed E-state index contributed by atoms with van der Waals surface area (Å²) >= 11 is 0. The molecule has 3 fully saturated rings. The molecule has 0 aromatic rings. The van der Waals surface area contributed by atoms with E-state index in [0.717, 1.165) is 64.1 Å². The zero-order chi connectivity index (χ0) is 40.5. The van der Waals surface area contributed by atoms with Gasteiger partial charge in [0.05, 0.1) is 19.8 Å². The highest BCUT2D eigenvalue weighted by molar-refractivity contribution is 4.71. The Hall–Kier alpha value is -0.360. The van der Waals surface area contributed by atoms with Gasteiger partial charge in [-0.2, -0.15) is 0 Å². The Bertz CT molecular complexity index is 660. The van der Waals surface area contributed by atoms with Crippen molar-refractivity contribution in [1.82, 2.24) is 29.4 Å². The van der Waals surface area contributed by atoms with E-state index in [1.54, 1.807) is 14.2 Å². The van der Waals surface area contributed by atoms with Crippen LogP contribution < -0.4 is 0 Å². The third-order valence-corrected chi connectivity index (χ3v) is 10.1. The molecule has 9 heteroatoms. The average molecular weight is 747 g/mol. The molecule has 52 heavy (non-hydrogen) atoms. The van der Waals surface area contributed by atoms with Crippen molar-refractivity contribution in [1.29, 1.82) is 0 Å². The Morgan fingerprint density at radius 1 is 0.538 bits per heavy atom. The van der Waals surface area contributed by atoms with Crippen molar-refractivity contribution in [2.24, 2.45) is 5.92 Å². The zero-order valence-electron chi connectivity index (χ0n) is 38.8. The molecule has 0 spiro atoms. The van der Waals surface area contributed by atoms with Gasteiger partial charge in [-0.1, -0.05) is 33.1 Å². The first kappa shape index (κ1) is 56.0. The van der Waals surface area contributed by atoms with Crippen molar-refractivity contribution >= 4 is 0 Å². The Morgan fingerprint density at radius 2 is 0.962 bits per heavy atom. The number of morpholine rings is 1. The minimum Gasteiger partial charge on any atom is -0.385 e. The largest absolute Gasteiger partial charge is 0.385 e. The Morgan fingerprint density at radius 3 is 1.29 bits per heavy atom. The van der Waals surface area contributed by atoms with Crippen LogP contribution in [0.1, 0.15) is 122 Å². The molecule has 0 saturated carbocycles. The van der Waals surface area contributed by atoms with Gasteiger partial charge in [0.2, 0.25) is 0 Å². The van der Waals surface area contributed by atoms with Crippen molar-refractivity contribution in [3.8, 4) is 0 Å². The Kier molecular flexibility index (Phi) is 40.4. The van der Waals surface area contributed by atoms with Crippen LogP contribution in [0.15, 0.2) is 0 Å². The van der Waals surface area contributed by atoms with E-state index in [1.807, 2.05) is 0 Å². The maximum atomic E-state index is 5.21. The number of rotatable bonds is 13. The van der Waals surface area contributed by atoms with E-state index in [-0.39, 0.29) is 0 Å². The zero-order valence-corrected chi connectivity index (χ0v) is 38.8. The molecule has 0 atom stereocenters. The maximum Gasteiger partial charge on any atom is 0.0594 e. The molecule has 3 heterocycles. The topological polar surface area (TPSA) is 47.1 Å². The van der Waals surface area contributed by atoms with E-state index < -0.39 is 0 Å². The summed E-state index contributed by atoms with van der Waals surface area (Å²) in [7, 11) is 11.9. The molecule has 0 amide bonds. The number of likely N-dealkylation sites (N-methyl/N-ethyl adjacent to an activating group) is 2. The van der Waals surface area contributed by atoms with Crippen LogP contribution in [0.25, 0.3) is 0 Å². The smallest absolute Gasteiger partial charge is 0.0594 e. The quantitative estimate of drug-likeness (QED) is 0.177. The summed E-state index contributed by atoms with van der Waals surface area (Å²) in [6.45, 7) is 41.2. The molecule has 0 bridgehead atoms. The van der Waals surface area contributed by atoms with Gasteiger partial charge >= 0.3 is 0 Å². The van der Waals surface area contributed by atoms with E-state index in [1.165, 1.54) is 77.8 Å². The molecule has 0 aliphatic carbocycles. The second-order valence-electron chi connectivity index (χ2n) is 16.9. The van der Waals surface area contributed by atoms with E-state index in [9.17, 15) is 0 Å². The van der Waals surface area contributed by atoms with Gasteiger partial charge in [-0.3, -0.25) is 9.80 Å². The molecule has 0 aromatic heterocycles. The number of methoxy groups -OCH3 is 2. The Labute approximate surface area is 328 Å². The maximum absolute atomic E-state index is 5.21. The van der Waals surface area contributed by atoms with Crippen LogP contribution in [0.4, 0.5) is 0 Å². The molecule has 9 nitrogen and oxygen atoms in total. The van der Waals surface area contributed by atoms with Gasteiger partial charge in [-0.15, -0.1) is 0 Å². The first-order valence-corrected chi connectivity index (χ1v) is 21.2. The van der Waals surface area contributed by atoms with Crippen molar-refractivity contribution in [2.75, 3.05) is 128 Å². The minimum atomic E-state index is 0.625. The number of piperidine rings is 1. The monoisotopic (exact) mass is 747 g/mol. The third-order valence-electron chi connectivity index (χ3n) is 10.1. The van der Waals surface area contributed by atoms with E-state index in [0.29, 0.717) is 18.1 Å². The van der Waals surface area contributed by atoms with Gasteiger partial charge in [0.15, 0.2) is 0 Å². The summed E-state index contributed by atoms with van der Waals surface area (Å²) in [4.78, 5) is 14.3. The van der Waals surface area contributed by atoms with E-state index in [2.05, 4.69) is 141 Å². The molecular weight excluding hydrogens is 649 g/mol. The lowest BCUT2D eigenvalue weighted by Gasteiger charge is -2.34. The standard InChI is InChI=1S/C8H18N2.C8H17N.C8H18O.C7H15NO.C7H17NO.C5H13N/c1-8(2)10-6-4-9(3)5-7-10;1-8(2)9-6-4-3-5-7-9;1-8(2)6-4-5-7-9-3;1-7(2)8-3-5-9-6-4-8;1-7(2)8(3)5-6-9-4;1-5(2)6(3)4/h8H,4-7H2,1-3H3;8H,3-7H2,1-2H3;8H,4-7H2,1-3H3;7H,3-6H2,1-2H3;7H,5-6H2,1-4H3;5H,1-4H3. The number of nitrogens with zero attached hydrogens (tertiary/aromatic N) is 6. The highest BCUT2D eigenvalue weighted by Gasteiger charge is 2.15. The summed E-state index contributed by atoms with van der Waals surface area (Å²) in [5.41, 5.74) is 0. The molecule has 0 unspecified atom stereocenters. The van der Waals surface area contributed by atoms with Gasteiger partial charge in [0.25, 0.3) is 0 Å². The molecule has 3 aliphatic rings. The van der Waals surface area contributed by atoms with Crippen LogP contribution in [0.2, 0.25) is 0 Å². The SMILES string of the molecule is CC(C)N(C)C.CC(C)N1CCCCC1.CC(C)N1CCN(C)CC1.CC(C)N1CCOCC1.COCCCCC(C)C.COCCN(C)C(C)C. The molecule has 0 radical (unpaired) electrons. The summed E-state index contributed by atoms with van der Waals surface area (Å²) in [6.07, 6.45) is 8.14. The lowest BCUT2D eigenvalue weighted by atomic mass is 10.1. The number of hydrogen-bond acceptors (Lipinski definition) is 9. The fourth-order valence-corrected chi connectivity index (χ4v) is 5.16. The molecule has 318 valence electrons. The molecule has 3 rings (SSSR count). The van der Waals surface area contributed by atoms with Gasteiger partial charge in [-0.05, 0) is 136 Å². The van der Waals surface area contributed by atoms with Crippen LogP contribution >= 0.6 is 0 Å². The number of piperazine rings is 1. The molecule has 3 aliphatic heterocycles. The fourth-order valence-electron chi connectivity index (χ4n) is 5.16. The molecule has 0 N–H and O–H groups in total. The van der Waals surface area contributed by atoms with Gasteiger partial charge < -0.3 is 33.8 Å². The van der Waals surface area contributed by atoms with Crippen LogP contribution in [0.3, 0.4) is 0 Å². The van der Waals surface area contributed by atoms with Crippen molar-refractivity contribution in [3.05, 3.63) is 0 Å². The summed E-state index contributed by atoms with van der Waals surface area (Å²) < 4.78 is 15.1. The number of likely N-dealkylation sites (tertiary alicyclic amines) is 1. The summed E-state index contributed by atoms with van der Waals surface area (Å²) in [5, 5.41) is 0. The average Bonchev–Trinajstić information content (AvgIpc) is 3.11. The van der Waals surface area contributed by atoms with Crippen LogP contribution in [0.5, 0.6) is 0 Å². The van der Waals surface area contributed by atoms with Crippen LogP contribution in [0, 0.1) is 5.92 Å². The van der Waals surface area contributed by atoms with Crippen LogP contribution in [-0.4, -0.2) is 187 Å². The first-order valence-electron chi connectivity index (χ1n) is 21.2. The molecular formula is C43H98N6O3. The molecule has 0 aromatic carbocycles. The lowest BCUT2D eigenvalue weighted by Crippen LogP contribution is -2.47.